The van der Waals surface area contributed by atoms with Gasteiger partial charge in [0.25, 0.3) is 0 Å². The van der Waals surface area contributed by atoms with Gasteiger partial charge in [0.2, 0.25) is 0 Å². The van der Waals surface area contributed by atoms with Crippen LogP contribution < -0.4 is 10.5 Å². The zero-order chi connectivity index (χ0) is 16.0. The van der Waals surface area contributed by atoms with E-state index in [4.69, 9.17) is 17.3 Å². The maximum absolute atomic E-state index is 12.7. The fourth-order valence-electron chi connectivity index (χ4n) is 2.24. The summed E-state index contributed by atoms with van der Waals surface area (Å²) < 4.78 is 42.1. The third-order valence-electron chi connectivity index (χ3n) is 3.07. The molecular weight excluding hydrogens is 303 g/mol. The molecule has 0 radical (unpaired) electrons. The number of anilines is 1. The molecule has 0 aromatic heterocycles. The van der Waals surface area contributed by atoms with Crippen LogP contribution in [-0.4, -0.2) is 6.36 Å². The Morgan fingerprint density at radius 1 is 1.10 bits per heavy atom. The Morgan fingerprint density at radius 3 is 2.24 bits per heavy atom. The summed E-state index contributed by atoms with van der Waals surface area (Å²) in [5, 5.41) is 0.806. The molecule has 114 valence electrons. The molecule has 0 atom stereocenters. The molecule has 2 nitrogen and oxygen atoms in total. The zero-order valence-corrected chi connectivity index (χ0v) is 12.6. The molecule has 2 N–H and O–H groups in total. The van der Waals surface area contributed by atoms with E-state index in [9.17, 15) is 13.2 Å². The lowest BCUT2D eigenvalue weighted by Crippen LogP contribution is -2.19. The summed E-state index contributed by atoms with van der Waals surface area (Å²) in [5.74, 6) is -0.383. The lowest BCUT2D eigenvalue weighted by atomic mass is 9.83. The summed E-state index contributed by atoms with van der Waals surface area (Å²) in [5.41, 5.74) is 6.56. The lowest BCUT2D eigenvalue weighted by molar-refractivity contribution is -0.274. The monoisotopic (exact) mass is 317 g/mol. The minimum absolute atomic E-state index is 0.0879. The van der Waals surface area contributed by atoms with Gasteiger partial charge in [-0.3, -0.25) is 0 Å². The predicted octanol–water partition coefficient (Wildman–Crippen LogP) is 5.27. The number of nitrogen functional groups attached to an aromatic ring is 1. The Morgan fingerprint density at radius 2 is 1.71 bits per heavy atom. The van der Waals surface area contributed by atoms with Crippen molar-refractivity contribution >= 4 is 28.1 Å². The van der Waals surface area contributed by atoms with E-state index >= 15 is 0 Å². The van der Waals surface area contributed by atoms with Gasteiger partial charge in [-0.1, -0.05) is 38.4 Å². The molecular formula is C15H15ClF3NO. The summed E-state index contributed by atoms with van der Waals surface area (Å²) in [6.45, 7) is 5.67. The van der Waals surface area contributed by atoms with Crippen LogP contribution >= 0.6 is 11.6 Å². The lowest BCUT2D eigenvalue weighted by Gasteiger charge is -2.24. The van der Waals surface area contributed by atoms with Crippen LogP contribution in [0.2, 0.25) is 5.02 Å². The molecule has 0 amide bonds. The topological polar surface area (TPSA) is 35.2 Å². The van der Waals surface area contributed by atoms with Gasteiger partial charge in [0, 0.05) is 11.1 Å². The number of fused-ring (bicyclic) bond motifs is 1. The summed E-state index contributed by atoms with van der Waals surface area (Å²) in [6.07, 6.45) is -4.81. The molecule has 0 heterocycles. The molecule has 6 heteroatoms. The van der Waals surface area contributed by atoms with Crippen molar-refractivity contribution in [2.75, 3.05) is 5.73 Å². The van der Waals surface area contributed by atoms with Crippen molar-refractivity contribution in [1.29, 1.82) is 0 Å². The third-order valence-corrected chi connectivity index (χ3v) is 3.37. The van der Waals surface area contributed by atoms with Gasteiger partial charge in [-0.2, -0.15) is 0 Å². The van der Waals surface area contributed by atoms with E-state index in [-0.39, 0.29) is 10.8 Å². The van der Waals surface area contributed by atoms with Crippen molar-refractivity contribution in [1.82, 2.24) is 0 Å². The standard InChI is InChI=1S/C15H15ClF3NO/c1-14(2,3)10-7-9(20)6-8-4-5-11(16)13(12(8)10)21-15(17,18)19/h4-7H,20H2,1-3H3. The SMILES string of the molecule is CC(C)(C)c1cc(N)cc2ccc(Cl)c(OC(F)(F)F)c12. The Hall–Kier alpha value is -1.62. The average Bonchev–Trinajstić information content (AvgIpc) is 2.29. The fraction of sp³-hybridized carbons (Fsp3) is 0.333. The number of alkyl halides is 3. The molecule has 0 fully saturated rings. The second-order valence-electron chi connectivity index (χ2n) is 5.84. The normalized spacial score (nSPS) is 12.7. The van der Waals surface area contributed by atoms with Gasteiger partial charge in [0.05, 0.1) is 5.02 Å². The second kappa shape index (κ2) is 4.98. The molecule has 2 rings (SSSR count). The van der Waals surface area contributed by atoms with E-state index in [1.54, 1.807) is 18.2 Å². The van der Waals surface area contributed by atoms with Crippen molar-refractivity contribution < 1.29 is 17.9 Å². The van der Waals surface area contributed by atoms with Gasteiger partial charge in [0.15, 0.2) is 5.75 Å². The van der Waals surface area contributed by atoms with Crippen LogP contribution in [0.25, 0.3) is 10.8 Å². The number of nitrogens with two attached hydrogens (primary N) is 1. The Kier molecular flexibility index (Phi) is 3.74. The minimum Gasteiger partial charge on any atom is -0.404 e. The molecule has 2 aromatic rings. The van der Waals surface area contributed by atoms with Gasteiger partial charge in [-0.05, 0) is 34.6 Å². The number of halogens is 4. The first kappa shape index (κ1) is 15.8. The number of ether oxygens (including phenoxy) is 1. The quantitative estimate of drug-likeness (QED) is 0.727. The third kappa shape index (κ3) is 3.35. The van der Waals surface area contributed by atoms with Crippen molar-refractivity contribution in [3.63, 3.8) is 0 Å². The van der Waals surface area contributed by atoms with E-state index < -0.39 is 11.8 Å². The number of rotatable bonds is 1. The predicted molar refractivity (Wildman–Crippen MR) is 78.8 cm³/mol. The summed E-state index contributed by atoms with van der Waals surface area (Å²) in [7, 11) is 0. The molecule has 0 aliphatic carbocycles. The fourth-order valence-corrected chi connectivity index (χ4v) is 2.43. The number of hydrogen-bond donors (Lipinski definition) is 1. The van der Waals surface area contributed by atoms with Crippen molar-refractivity contribution in [2.45, 2.75) is 32.5 Å². The summed E-state index contributed by atoms with van der Waals surface area (Å²) >= 11 is 5.91. The van der Waals surface area contributed by atoms with Gasteiger partial charge in [-0.25, -0.2) is 0 Å². The van der Waals surface area contributed by atoms with Gasteiger partial charge >= 0.3 is 6.36 Å². The highest BCUT2D eigenvalue weighted by molar-refractivity contribution is 6.33. The van der Waals surface area contributed by atoms with Crippen LogP contribution in [0.4, 0.5) is 18.9 Å². The summed E-state index contributed by atoms with van der Waals surface area (Å²) in [4.78, 5) is 0. The van der Waals surface area contributed by atoms with E-state index in [2.05, 4.69) is 4.74 Å². The number of benzene rings is 2. The van der Waals surface area contributed by atoms with E-state index in [0.717, 1.165) is 0 Å². The first-order valence-corrected chi connectivity index (χ1v) is 6.65. The van der Waals surface area contributed by atoms with Crippen molar-refractivity contribution in [2.24, 2.45) is 0 Å². The molecule has 21 heavy (non-hydrogen) atoms. The molecule has 0 aliphatic heterocycles. The molecule has 0 saturated heterocycles. The Labute approximate surface area is 125 Å². The van der Waals surface area contributed by atoms with Crippen LogP contribution in [-0.2, 0) is 5.41 Å². The van der Waals surface area contributed by atoms with Gasteiger partial charge in [0.1, 0.15) is 0 Å². The zero-order valence-electron chi connectivity index (χ0n) is 11.8. The summed E-state index contributed by atoms with van der Waals surface area (Å²) in [6, 6.07) is 6.26. The van der Waals surface area contributed by atoms with Crippen LogP contribution in [0.3, 0.4) is 0 Å². The Bertz CT molecular complexity index is 690. The van der Waals surface area contributed by atoms with Crippen LogP contribution in [0.5, 0.6) is 5.75 Å². The van der Waals surface area contributed by atoms with Crippen LogP contribution in [0, 0.1) is 0 Å². The van der Waals surface area contributed by atoms with Crippen LogP contribution in [0.1, 0.15) is 26.3 Å². The maximum atomic E-state index is 12.7. The first-order chi connectivity index (χ1) is 9.49. The van der Waals surface area contributed by atoms with E-state index in [1.165, 1.54) is 6.07 Å². The Balaban J connectivity index is 2.87. The molecule has 2 aromatic carbocycles. The number of hydrogen-bond acceptors (Lipinski definition) is 2. The second-order valence-corrected chi connectivity index (χ2v) is 6.25. The highest BCUT2D eigenvalue weighted by atomic mass is 35.5. The largest absolute Gasteiger partial charge is 0.573 e. The molecule has 0 spiro atoms. The van der Waals surface area contributed by atoms with E-state index in [0.29, 0.717) is 22.0 Å². The van der Waals surface area contributed by atoms with Crippen molar-refractivity contribution in [3.05, 3.63) is 34.9 Å². The molecule has 0 aliphatic rings. The van der Waals surface area contributed by atoms with Gasteiger partial charge in [-0.15, -0.1) is 13.2 Å². The molecule has 0 bridgehead atoms. The minimum atomic E-state index is -4.81. The van der Waals surface area contributed by atoms with E-state index in [1.807, 2.05) is 20.8 Å². The first-order valence-electron chi connectivity index (χ1n) is 6.27. The van der Waals surface area contributed by atoms with Crippen molar-refractivity contribution in [3.8, 4) is 5.75 Å². The van der Waals surface area contributed by atoms with Crippen LogP contribution in [0.15, 0.2) is 24.3 Å². The molecule has 0 saturated carbocycles. The smallest absolute Gasteiger partial charge is 0.404 e. The molecule has 0 unspecified atom stereocenters. The average molecular weight is 318 g/mol. The highest BCUT2D eigenvalue weighted by Crippen LogP contribution is 2.43. The maximum Gasteiger partial charge on any atom is 0.573 e. The van der Waals surface area contributed by atoms with Gasteiger partial charge < -0.3 is 10.5 Å². The highest BCUT2D eigenvalue weighted by Gasteiger charge is 2.34.